The van der Waals surface area contributed by atoms with E-state index in [2.05, 4.69) is 28.2 Å². The number of halogens is 1. The maximum Gasteiger partial charge on any atom is 0.225 e. The van der Waals surface area contributed by atoms with E-state index in [0.29, 0.717) is 12.5 Å². The molecule has 0 spiro atoms. The molecule has 2 atom stereocenters. The Morgan fingerprint density at radius 3 is 3.11 bits per heavy atom. The maximum atomic E-state index is 11.9. The number of thiophene rings is 1. The number of rotatable bonds is 6. The second-order valence-electron chi connectivity index (χ2n) is 5.06. The van der Waals surface area contributed by atoms with Crippen LogP contribution in [0.1, 0.15) is 37.5 Å². The maximum absolute atomic E-state index is 11.9. The van der Waals surface area contributed by atoms with E-state index in [1.165, 1.54) is 12.8 Å². The van der Waals surface area contributed by atoms with Crippen molar-refractivity contribution in [1.82, 2.24) is 5.32 Å². The average molecular weight is 346 g/mol. The van der Waals surface area contributed by atoms with Gasteiger partial charge in [0.1, 0.15) is 0 Å². The first-order valence-electron chi connectivity index (χ1n) is 6.78. The van der Waals surface area contributed by atoms with Crippen LogP contribution in [0.2, 0.25) is 0 Å². The molecule has 3 nitrogen and oxygen atoms in total. The second-order valence-corrected chi connectivity index (χ2v) is 7.61. The SMILES string of the molecule is CC(CCC1CCCO1)NC(=O)Cc1ccc(Br)s1. The summed E-state index contributed by atoms with van der Waals surface area (Å²) in [6, 6.07) is 4.19. The third-order valence-corrected chi connectivity index (χ3v) is 4.94. The third-order valence-electron chi connectivity index (χ3n) is 3.32. The predicted octanol–water partition coefficient (Wildman–Crippen LogP) is 3.52. The molecule has 0 bridgehead atoms. The lowest BCUT2D eigenvalue weighted by molar-refractivity contribution is -0.121. The molecule has 1 N–H and O–H groups in total. The first kappa shape index (κ1) is 15.0. The van der Waals surface area contributed by atoms with Gasteiger partial charge in [-0.1, -0.05) is 0 Å². The molecule has 0 aromatic carbocycles. The van der Waals surface area contributed by atoms with Crippen LogP contribution in [-0.2, 0) is 16.0 Å². The molecule has 2 unspecified atom stereocenters. The largest absolute Gasteiger partial charge is 0.378 e. The van der Waals surface area contributed by atoms with E-state index in [1.54, 1.807) is 11.3 Å². The first-order chi connectivity index (χ1) is 9.13. The van der Waals surface area contributed by atoms with E-state index < -0.39 is 0 Å². The molecule has 1 fully saturated rings. The summed E-state index contributed by atoms with van der Waals surface area (Å²) in [7, 11) is 0. The van der Waals surface area contributed by atoms with E-state index in [0.717, 1.165) is 28.1 Å². The molecule has 1 aliphatic heterocycles. The molecule has 0 saturated carbocycles. The van der Waals surface area contributed by atoms with Crippen molar-refractivity contribution in [1.29, 1.82) is 0 Å². The molecule has 19 heavy (non-hydrogen) atoms. The quantitative estimate of drug-likeness (QED) is 0.856. The summed E-state index contributed by atoms with van der Waals surface area (Å²) in [6.07, 6.45) is 5.27. The summed E-state index contributed by atoms with van der Waals surface area (Å²) in [6.45, 7) is 2.97. The molecule has 1 aromatic heterocycles. The summed E-state index contributed by atoms with van der Waals surface area (Å²) >= 11 is 5.02. The van der Waals surface area contributed by atoms with Crippen molar-refractivity contribution < 1.29 is 9.53 Å². The van der Waals surface area contributed by atoms with Gasteiger partial charge in [0.05, 0.1) is 16.3 Å². The van der Waals surface area contributed by atoms with Crippen LogP contribution in [0.4, 0.5) is 0 Å². The van der Waals surface area contributed by atoms with E-state index >= 15 is 0 Å². The number of hydrogen-bond acceptors (Lipinski definition) is 3. The summed E-state index contributed by atoms with van der Waals surface area (Å²) in [5, 5.41) is 3.06. The van der Waals surface area contributed by atoms with Crippen LogP contribution in [0.25, 0.3) is 0 Å². The van der Waals surface area contributed by atoms with Crippen molar-refractivity contribution in [3.05, 3.63) is 20.8 Å². The summed E-state index contributed by atoms with van der Waals surface area (Å²) in [5.41, 5.74) is 0. The van der Waals surface area contributed by atoms with Gasteiger partial charge in [0.25, 0.3) is 0 Å². The molecule has 0 radical (unpaired) electrons. The lowest BCUT2D eigenvalue weighted by Crippen LogP contribution is -2.34. The fourth-order valence-corrected chi connectivity index (χ4v) is 3.79. The van der Waals surface area contributed by atoms with Gasteiger partial charge in [-0.25, -0.2) is 0 Å². The normalized spacial score (nSPS) is 20.4. The minimum Gasteiger partial charge on any atom is -0.378 e. The molecule has 106 valence electrons. The van der Waals surface area contributed by atoms with Gasteiger partial charge in [0.15, 0.2) is 0 Å². The van der Waals surface area contributed by atoms with Crippen molar-refractivity contribution in [3.8, 4) is 0 Å². The van der Waals surface area contributed by atoms with Crippen LogP contribution in [0.15, 0.2) is 15.9 Å². The number of hydrogen-bond donors (Lipinski definition) is 1. The molecule has 1 aromatic rings. The Bertz CT molecular complexity index is 415. The predicted molar refractivity (Wildman–Crippen MR) is 81.5 cm³/mol. The third kappa shape index (κ3) is 5.24. The fourth-order valence-electron chi connectivity index (χ4n) is 2.31. The van der Waals surface area contributed by atoms with Crippen molar-refractivity contribution >= 4 is 33.2 Å². The molecular weight excluding hydrogens is 326 g/mol. The van der Waals surface area contributed by atoms with Crippen molar-refractivity contribution in [3.63, 3.8) is 0 Å². The van der Waals surface area contributed by atoms with E-state index in [4.69, 9.17) is 4.74 Å². The van der Waals surface area contributed by atoms with Gasteiger partial charge >= 0.3 is 0 Å². The first-order valence-corrected chi connectivity index (χ1v) is 8.39. The highest BCUT2D eigenvalue weighted by Gasteiger charge is 2.17. The zero-order valence-electron chi connectivity index (χ0n) is 11.2. The monoisotopic (exact) mass is 345 g/mol. The van der Waals surface area contributed by atoms with Gasteiger partial charge in [-0.3, -0.25) is 4.79 Å². The van der Waals surface area contributed by atoms with Crippen LogP contribution >= 0.6 is 27.3 Å². The van der Waals surface area contributed by atoms with Crippen LogP contribution < -0.4 is 5.32 Å². The standard InChI is InChI=1S/C14H20BrNO2S/c1-10(4-5-11-3-2-8-18-11)16-14(17)9-12-6-7-13(15)19-12/h6-7,10-11H,2-5,8-9H2,1H3,(H,16,17). The summed E-state index contributed by atoms with van der Waals surface area (Å²) in [4.78, 5) is 13.0. The van der Waals surface area contributed by atoms with Crippen LogP contribution in [0.3, 0.4) is 0 Å². The zero-order chi connectivity index (χ0) is 13.7. The van der Waals surface area contributed by atoms with Gasteiger partial charge in [0.2, 0.25) is 5.91 Å². The number of nitrogens with one attached hydrogen (secondary N) is 1. The van der Waals surface area contributed by atoms with Gasteiger partial charge in [-0.2, -0.15) is 0 Å². The minimum absolute atomic E-state index is 0.106. The fraction of sp³-hybridized carbons (Fsp3) is 0.643. The number of amides is 1. The van der Waals surface area contributed by atoms with Crippen molar-refractivity contribution in [2.24, 2.45) is 0 Å². The summed E-state index contributed by atoms with van der Waals surface area (Å²) < 4.78 is 6.66. The molecule has 1 saturated heterocycles. The molecular formula is C14H20BrNO2S. The Labute approximate surface area is 126 Å². The zero-order valence-corrected chi connectivity index (χ0v) is 13.6. The highest BCUT2D eigenvalue weighted by molar-refractivity contribution is 9.11. The highest BCUT2D eigenvalue weighted by atomic mass is 79.9. The average Bonchev–Trinajstić information content (AvgIpc) is 2.98. The molecule has 2 heterocycles. The Morgan fingerprint density at radius 1 is 1.63 bits per heavy atom. The Kier molecular flexibility index (Phi) is 5.85. The Balaban J connectivity index is 1.66. The lowest BCUT2D eigenvalue weighted by Gasteiger charge is -2.16. The molecule has 0 aliphatic carbocycles. The topological polar surface area (TPSA) is 38.3 Å². The molecule has 2 rings (SSSR count). The van der Waals surface area contributed by atoms with Crippen LogP contribution in [0.5, 0.6) is 0 Å². The Hall–Kier alpha value is -0.390. The lowest BCUT2D eigenvalue weighted by atomic mass is 10.1. The highest BCUT2D eigenvalue weighted by Crippen LogP contribution is 2.22. The number of carbonyl (C=O) groups is 1. The van der Waals surface area contributed by atoms with Crippen LogP contribution in [0, 0.1) is 0 Å². The molecule has 5 heteroatoms. The van der Waals surface area contributed by atoms with Crippen LogP contribution in [-0.4, -0.2) is 24.7 Å². The van der Waals surface area contributed by atoms with Gasteiger partial charge in [0, 0.05) is 17.5 Å². The minimum atomic E-state index is 0.106. The Morgan fingerprint density at radius 2 is 2.47 bits per heavy atom. The van der Waals surface area contributed by atoms with Gasteiger partial charge < -0.3 is 10.1 Å². The van der Waals surface area contributed by atoms with E-state index in [-0.39, 0.29) is 11.9 Å². The number of ether oxygens (including phenoxy) is 1. The molecule has 1 amide bonds. The summed E-state index contributed by atoms with van der Waals surface area (Å²) in [5.74, 6) is 0.106. The van der Waals surface area contributed by atoms with Crippen molar-refractivity contribution in [2.45, 2.75) is 51.2 Å². The van der Waals surface area contributed by atoms with Crippen molar-refractivity contribution in [2.75, 3.05) is 6.61 Å². The smallest absolute Gasteiger partial charge is 0.225 e. The number of carbonyl (C=O) groups excluding carboxylic acids is 1. The van der Waals surface area contributed by atoms with E-state index in [1.807, 2.05) is 12.1 Å². The van der Waals surface area contributed by atoms with E-state index in [9.17, 15) is 4.79 Å². The van der Waals surface area contributed by atoms with Gasteiger partial charge in [-0.05, 0) is 60.7 Å². The van der Waals surface area contributed by atoms with Gasteiger partial charge in [-0.15, -0.1) is 11.3 Å². The molecule has 1 aliphatic rings. The second kappa shape index (κ2) is 7.41.